The molecular formula is C24H18BrN3O4. The Morgan fingerprint density at radius 3 is 2.41 bits per heavy atom. The van der Waals surface area contributed by atoms with E-state index in [4.69, 9.17) is 9.26 Å². The van der Waals surface area contributed by atoms with Gasteiger partial charge in [0.15, 0.2) is 12.6 Å². The standard InChI is InChI=1S/C24H18BrN3O4/c25-19-13-7-12-18(14-19)22-26-20(32-28-22)15-31-24(30)21(16-8-3-1-4-9-16)27-23(29)17-10-5-2-6-11-17/h1-14,21H,15H2,(H,27,29). The summed E-state index contributed by atoms with van der Waals surface area (Å²) < 4.78 is 11.5. The van der Waals surface area contributed by atoms with Gasteiger partial charge in [0, 0.05) is 15.6 Å². The molecule has 1 amide bonds. The second-order valence-corrected chi connectivity index (χ2v) is 7.73. The summed E-state index contributed by atoms with van der Waals surface area (Å²) in [5.41, 5.74) is 1.80. The van der Waals surface area contributed by atoms with E-state index >= 15 is 0 Å². The first-order chi connectivity index (χ1) is 15.6. The van der Waals surface area contributed by atoms with E-state index in [1.807, 2.05) is 36.4 Å². The van der Waals surface area contributed by atoms with Gasteiger partial charge in [-0.15, -0.1) is 0 Å². The first kappa shape index (κ1) is 21.5. The van der Waals surface area contributed by atoms with Crippen LogP contribution in [0.3, 0.4) is 0 Å². The number of nitrogens with zero attached hydrogens (tertiary/aromatic N) is 2. The van der Waals surface area contributed by atoms with E-state index in [2.05, 4.69) is 31.4 Å². The maximum Gasteiger partial charge on any atom is 0.333 e. The van der Waals surface area contributed by atoms with Crippen molar-refractivity contribution in [2.45, 2.75) is 12.6 Å². The third-order valence-electron chi connectivity index (χ3n) is 4.57. The van der Waals surface area contributed by atoms with Gasteiger partial charge in [0.05, 0.1) is 0 Å². The summed E-state index contributed by atoms with van der Waals surface area (Å²) in [5.74, 6) is -0.488. The van der Waals surface area contributed by atoms with Crippen LogP contribution in [-0.4, -0.2) is 22.0 Å². The Morgan fingerprint density at radius 2 is 1.69 bits per heavy atom. The number of hydrogen-bond donors (Lipinski definition) is 1. The van der Waals surface area contributed by atoms with E-state index in [0.29, 0.717) is 17.0 Å². The minimum atomic E-state index is -0.989. The van der Waals surface area contributed by atoms with Gasteiger partial charge >= 0.3 is 5.97 Å². The second kappa shape index (κ2) is 10.0. The number of amides is 1. The molecule has 1 heterocycles. The lowest BCUT2D eigenvalue weighted by Gasteiger charge is -2.17. The molecule has 0 fully saturated rings. The number of benzene rings is 3. The molecule has 0 radical (unpaired) electrons. The van der Waals surface area contributed by atoms with Crippen LogP contribution in [0.25, 0.3) is 11.4 Å². The van der Waals surface area contributed by atoms with Gasteiger partial charge in [0.25, 0.3) is 11.8 Å². The Hall–Kier alpha value is -3.78. The molecule has 1 unspecified atom stereocenters. The summed E-state index contributed by atoms with van der Waals surface area (Å²) in [5, 5.41) is 6.67. The molecule has 0 spiro atoms. The zero-order chi connectivity index (χ0) is 22.3. The van der Waals surface area contributed by atoms with E-state index < -0.39 is 12.0 Å². The molecular weight excluding hydrogens is 474 g/mol. The SMILES string of the molecule is O=C(NC(C(=O)OCc1nc(-c2cccc(Br)c2)no1)c1ccccc1)c1ccccc1. The lowest BCUT2D eigenvalue weighted by atomic mass is 10.1. The van der Waals surface area contributed by atoms with Crippen LogP contribution in [0, 0.1) is 0 Å². The van der Waals surface area contributed by atoms with Crippen molar-refractivity contribution in [1.82, 2.24) is 15.5 Å². The predicted molar refractivity (Wildman–Crippen MR) is 120 cm³/mol. The quantitative estimate of drug-likeness (QED) is 0.376. The van der Waals surface area contributed by atoms with Crippen LogP contribution in [0.1, 0.15) is 27.9 Å². The largest absolute Gasteiger partial charge is 0.454 e. The number of hydrogen-bond acceptors (Lipinski definition) is 6. The first-order valence-corrected chi connectivity index (χ1v) is 10.6. The highest BCUT2D eigenvalue weighted by Crippen LogP contribution is 2.21. The molecule has 32 heavy (non-hydrogen) atoms. The van der Waals surface area contributed by atoms with Crippen LogP contribution < -0.4 is 5.32 Å². The van der Waals surface area contributed by atoms with Crippen LogP contribution in [0.5, 0.6) is 0 Å². The summed E-state index contributed by atoms with van der Waals surface area (Å²) in [7, 11) is 0. The van der Waals surface area contributed by atoms with E-state index in [9.17, 15) is 9.59 Å². The van der Waals surface area contributed by atoms with Crippen LogP contribution in [-0.2, 0) is 16.1 Å². The van der Waals surface area contributed by atoms with Crippen LogP contribution >= 0.6 is 15.9 Å². The van der Waals surface area contributed by atoms with Gasteiger partial charge in [-0.05, 0) is 29.8 Å². The van der Waals surface area contributed by atoms with Gasteiger partial charge in [-0.25, -0.2) is 4.79 Å². The molecule has 4 rings (SSSR count). The van der Waals surface area contributed by atoms with Crippen molar-refractivity contribution in [2.24, 2.45) is 0 Å². The molecule has 1 atom stereocenters. The Balaban J connectivity index is 1.46. The highest BCUT2D eigenvalue weighted by molar-refractivity contribution is 9.10. The maximum absolute atomic E-state index is 12.9. The average Bonchev–Trinajstić information content (AvgIpc) is 3.31. The number of nitrogens with one attached hydrogen (secondary N) is 1. The number of rotatable bonds is 7. The normalized spacial score (nSPS) is 11.5. The summed E-state index contributed by atoms with van der Waals surface area (Å²) in [6, 6.07) is 24.0. The minimum Gasteiger partial charge on any atom is -0.454 e. The van der Waals surface area contributed by atoms with Gasteiger partial charge in [-0.2, -0.15) is 4.98 Å². The predicted octanol–water partition coefficient (Wildman–Crippen LogP) is 4.71. The number of carbonyl (C=O) groups excluding carboxylic acids is 2. The van der Waals surface area contributed by atoms with Crippen LogP contribution in [0.4, 0.5) is 0 Å². The third kappa shape index (κ3) is 5.28. The van der Waals surface area contributed by atoms with E-state index in [0.717, 1.165) is 10.0 Å². The van der Waals surface area contributed by atoms with Crippen molar-refractivity contribution >= 4 is 27.8 Å². The smallest absolute Gasteiger partial charge is 0.333 e. The fourth-order valence-corrected chi connectivity index (χ4v) is 3.40. The summed E-state index contributed by atoms with van der Waals surface area (Å²) in [4.78, 5) is 29.8. The highest BCUT2D eigenvalue weighted by atomic mass is 79.9. The second-order valence-electron chi connectivity index (χ2n) is 6.81. The summed E-state index contributed by atoms with van der Waals surface area (Å²) in [6.45, 7) is -0.218. The molecule has 160 valence electrons. The number of carbonyl (C=O) groups is 2. The molecule has 0 bridgehead atoms. The lowest BCUT2D eigenvalue weighted by Crippen LogP contribution is -2.34. The fourth-order valence-electron chi connectivity index (χ4n) is 3.00. The van der Waals surface area contributed by atoms with E-state index in [1.165, 1.54) is 0 Å². The fraction of sp³-hybridized carbons (Fsp3) is 0.0833. The first-order valence-electron chi connectivity index (χ1n) is 9.76. The monoisotopic (exact) mass is 491 g/mol. The van der Waals surface area contributed by atoms with Gasteiger partial charge in [-0.3, -0.25) is 4.79 Å². The van der Waals surface area contributed by atoms with Crippen molar-refractivity contribution in [1.29, 1.82) is 0 Å². The third-order valence-corrected chi connectivity index (χ3v) is 5.06. The summed E-state index contributed by atoms with van der Waals surface area (Å²) in [6.07, 6.45) is 0. The number of ether oxygens (including phenoxy) is 1. The Labute approximate surface area is 192 Å². The average molecular weight is 492 g/mol. The van der Waals surface area contributed by atoms with Crippen molar-refractivity contribution in [2.75, 3.05) is 0 Å². The molecule has 0 aliphatic carbocycles. The van der Waals surface area contributed by atoms with Crippen molar-refractivity contribution in [3.8, 4) is 11.4 Å². The zero-order valence-electron chi connectivity index (χ0n) is 16.8. The Bertz CT molecular complexity index is 1210. The van der Waals surface area contributed by atoms with Crippen molar-refractivity contribution in [3.05, 3.63) is 106 Å². The molecule has 1 aromatic heterocycles. The molecule has 1 N–H and O–H groups in total. The molecule has 0 aliphatic heterocycles. The lowest BCUT2D eigenvalue weighted by molar-refractivity contribution is -0.148. The van der Waals surface area contributed by atoms with Gasteiger partial charge in [0.2, 0.25) is 5.82 Å². The Morgan fingerprint density at radius 1 is 0.969 bits per heavy atom. The minimum absolute atomic E-state index is 0.148. The van der Waals surface area contributed by atoms with Gasteiger partial charge < -0.3 is 14.6 Å². The topological polar surface area (TPSA) is 94.3 Å². The zero-order valence-corrected chi connectivity index (χ0v) is 18.4. The molecule has 4 aromatic rings. The maximum atomic E-state index is 12.9. The molecule has 0 aliphatic rings. The molecule has 0 saturated heterocycles. The van der Waals surface area contributed by atoms with Gasteiger partial charge in [0.1, 0.15) is 0 Å². The molecule has 0 saturated carbocycles. The van der Waals surface area contributed by atoms with Crippen LogP contribution in [0.2, 0.25) is 0 Å². The summed E-state index contributed by atoms with van der Waals surface area (Å²) >= 11 is 3.40. The highest BCUT2D eigenvalue weighted by Gasteiger charge is 2.25. The molecule has 7 nitrogen and oxygen atoms in total. The van der Waals surface area contributed by atoms with E-state index in [1.54, 1.807) is 48.5 Å². The Kier molecular flexibility index (Phi) is 6.72. The van der Waals surface area contributed by atoms with Crippen molar-refractivity contribution < 1.29 is 18.8 Å². The van der Waals surface area contributed by atoms with Gasteiger partial charge in [-0.1, -0.05) is 81.8 Å². The number of aromatic nitrogens is 2. The molecule has 8 heteroatoms. The molecule has 3 aromatic carbocycles. The number of esters is 1. The number of halogens is 1. The van der Waals surface area contributed by atoms with Crippen LogP contribution in [0.15, 0.2) is 93.9 Å². The van der Waals surface area contributed by atoms with E-state index in [-0.39, 0.29) is 18.4 Å². The van der Waals surface area contributed by atoms with Crippen molar-refractivity contribution in [3.63, 3.8) is 0 Å².